The highest BCUT2D eigenvalue weighted by atomic mass is 32.2. The van der Waals surface area contributed by atoms with Crippen LogP contribution < -0.4 is 4.74 Å². The first-order valence-corrected chi connectivity index (χ1v) is 22.0. The smallest absolute Gasteiger partial charge is 0.267 e. The summed E-state index contributed by atoms with van der Waals surface area (Å²) in [7, 11) is -1.67. The van der Waals surface area contributed by atoms with Crippen LogP contribution in [0.5, 0.6) is 5.75 Å². The number of amides is 1. The zero-order valence-electron chi connectivity index (χ0n) is 37.2. The molecule has 11 nitrogen and oxygen atoms in total. The minimum absolute atomic E-state index is 0.0243. The van der Waals surface area contributed by atoms with E-state index in [1.54, 1.807) is 25.4 Å². The number of aryl methyl sites for hydroxylation is 1. The lowest BCUT2D eigenvalue weighted by Crippen LogP contribution is -2.36. The van der Waals surface area contributed by atoms with E-state index in [0.29, 0.717) is 61.3 Å². The second-order valence-corrected chi connectivity index (χ2v) is 14.6. The summed E-state index contributed by atoms with van der Waals surface area (Å²) in [6.07, 6.45) is 4.88. The van der Waals surface area contributed by atoms with Gasteiger partial charge in [0.2, 0.25) is 5.91 Å². The second kappa shape index (κ2) is 33.8. The van der Waals surface area contributed by atoms with Crippen molar-refractivity contribution in [1.82, 2.24) is 9.47 Å². The monoisotopic (exact) mass is 811 g/mol. The Labute approximate surface area is 340 Å². The molecule has 0 saturated carbocycles. The molecular formula is C44H78N2O9S. The molecule has 0 fully saturated rings. The van der Waals surface area contributed by atoms with E-state index in [2.05, 4.69) is 41.5 Å². The lowest BCUT2D eigenvalue weighted by Gasteiger charge is -2.25. The molecular weight excluding hydrogens is 733 g/mol. The molecule has 12 heteroatoms. The van der Waals surface area contributed by atoms with Crippen LogP contribution in [0.2, 0.25) is 0 Å². The highest BCUT2D eigenvalue weighted by Crippen LogP contribution is 2.28. The van der Waals surface area contributed by atoms with Crippen molar-refractivity contribution in [2.24, 2.45) is 11.8 Å². The molecule has 3 N–H and O–H groups in total. The van der Waals surface area contributed by atoms with Gasteiger partial charge in [0, 0.05) is 55.6 Å². The van der Waals surface area contributed by atoms with Crippen LogP contribution >= 0.6 is 0 Å². The van der Waals surface area contributed by atoms with Gasteiger partial charge in [-0.15, -0.1) is 0 Å². The molecule has 1 amide bonds. The molecule has 0 saturated heterocycles. The van der Waals surface area contributed by atoms with Crippen molar-refractivity contribution in [3.63, 3.8) is 0 Å². The van der Waals surface area contributed by atoms with Crippen molar-refractivity contribution in [3.05, 3.63) is 65.4 Å². The number of fused-ring (bicyclic) bond motifs is 1. The first-order chi connectivity index (χ1) is 26.7. The van der Waals surface area contributed by atoms with Gasteiger partial charge in [-0.25, -0.2) is 0 Å². The van der Waals surface area contributed by atoms with Crippen LogP contribution in [0.15, 0.2) is 48.7 Å². The van der Waals surface area contributed by atoms with E-state index in [-0.39, 0.29) is 24.8 Å². The molecule has 0 spiro atoms. The molecule has 0 bridgehead atoms. The number of aliphatic hydroxyl groups is 2. The maximum Gasteiger partial charge on any atom is 0.267 e. The molecule has 1 atom stereocenters. The van der Waals surface area contributed by atoms with Gasteiger partial charge >= 0.3 is 0 Å². The molecule has 0 radical (unpaired) electrons. The van der Waals surface area contributed by atoms with Crippen molar-refractivity contribution in [2.45, 2.75) is 128 Å². The quantitative estimate of drug-likeness (QED) is 0.0611. The van der Waals surface area contributed by atoms with Gasteiger partial charge in [0.15, 0.2) is 5.78 Å². The normalized spacial score (nSPS) is 10.9. The fraction of sp³-hybridized carbons (Fsp3) is 0.636. The molecule has 0 aliphatic rings. The molecule has 1 unspecified atom stereocenters. The Morgan fingerprint density at radius 2 is 1.38 bits per heavy atom. The summed E-state index contributed by atoms with van der Waals surface area (Å²) in [5.74, 6) is 0.733. The third-order valence-corrected chi connectivity index (χ3v) is 8.43. The van der Waals surface area contributed by atoms with Crippen molar-refractivity contribution >= 4 is 32.7 Å². The molecule has 2 aromatic carbocycles. The van der Waals surface area contributed by atoms with Gasteiger partial charge in [-0.1, -0.05) is 114 Å². The lowest BCUT2D eigenvalue weighted by atomic mass is 10.0. The van der Waals surface area contributed by atoms with Gasteiger partial charge in [0.05, 0.1) is 25.3 Å². The number of rotatable bonds is 19. The van der Waals surface area contributed by atoms with Crippen LogP contribution in [0.4, 0.5) is 0 Å². The maximum absolute atomic E-state index is 13.7. The number of benzene rings is 2. The molecule has 56 heavy (non-hydrogen) atoms. The first-order valence-electron chi connectivity index (χ1n) is 20.4. The van der Waals surface area contributed by atoms with Crippen molar-refractivity contribution in [3.8, 4) is 5.75 Å². The number of ether oxygens (including phenoxy) is 2. The van der Waals surface area contributed by atoms with Crippen molar-refractivity contribution < 1.29 is 42.2 Å². The highest BCUT2D eigenvalue weighted by Gasteiger charge is 2.21. The summed E-state index contributed by atoms with van der Waals surface area (Å²) in [5, 5.41) is 17.3. The standard InChI is InChI=1S/C34H48N2O8S.C3H8.3C2H6.CH4O/c1-24(2)14-16-35(17-15-25(3)4)33(38)21-36-20-31(30-13-12-29(43-5)19-32(30)36)34(39)27-10-8-26(9-11-27)7-6-18-44-22-28(37)23-45(40,41)42;1-3-2;4*1-2/h8-13,19-20,24-25,28,37H,6-7,14-18,21-23H2,1-5H3,(H,40,41,42);3H2,1-2H3;3*1-2H3;2H,1H3. The van der Waals surface area contributed by atoms with E-state index in [0.717, 1.165) is 36.4 Å². The Kier molecular flexibility index (Phi) is 34.4. The van der Waals surface area contributed by atoms with Crippen LogP contribution in [0.1, 0.15) is 130 Å². The lowest BCUT2D eigenvalue weighted by molar-refractivity contribution is -0.132. The Morgan fingerprint density at radius 1 is 0.857 bits per heavy atom. The third kappa shape index (κ3) is 23.7. The van der Waals surface area contributed by atoms with Gasteiger partial charge in [-0.05, 0) is 55.2 Å². The van der Waals surface area contributed by atoms with Gasteiger partial charge in [-0.2, -0.15) is 8.42 Å². The van der Waals surface area contributed by atoms with Gasteiger partial charge in [0.25, 0.3) is 10.1 Å². The average Bonchev–Trinajstić information content (AvgIpc) is 3.54. The molecule has 1 aromatic heterocycles. The SMILES string of the molecule is CC.CC.CC.CCC.CO.COc1ccc2c(C(=O)c3ccc(CCCOCC(O)CS(=O)(=O)O)cc3)cn(CC(=O)N(CCC(C)C)CCC(C)C)c2c1. The summed E-state index contributed by atoms with van der Waals surface area (Å²) in [5.41, 5.74) is 2.80. The third-order valence-electron chi connectivity index (χ3n) is 7.63. The summed E-state index contributed by atoms with van der Waals surface area (Å²) in [6.45, 7) is 26.5. The maximum atomic E-state index is 13.7. The number of aliphatic hydroxyl groups excluding tert-OH is 2. The zero-order chi connectivity index (χ0) is 43.9. The summed E-state index contributed by atoms with van der Waals surface area (Å²) >= 11 is 0. The number of hydrogen-bond donors (Lipinski definition) is 3. The second-order valence-electron chi connectivity index (χ2n) is 13.1. The van der Waals surface area contributed by atoms with Crippen molar-refractivity contribution in [2.75, 3.05) is 46.3 Å². The molecule has 3 aromatic rings. The van der Waals surface area contributed by atoms with E-state index >= 15 is 0 Å². The Balaban J connectivity index is -0.00000232. The number of ketones is 1. The van der Waals surface area contributed by atoms with Crippen LogP contribution in [0, 0.1) is 11.8 Å². The molecule has 0 aliphatic carbocycles. The summed E-state index contributed by atoms with van der Waals surface area (Å²) in [6, 6.07) is 12.9. The van der Waals surface area contributed by atoms with Gasteiger partial charge < -0.3 is 29.2 Å². The van der Waals surface area contributed by atoms with E-state index < -0.39 is 22.0 Å². The topological polar surface area (TPSA) is 156 Å². The first kappa shape index (κ1) is 57.0. The fourth-order valence-corrected chi connectivity index (χ4v) is 5.60. The van der Waals surface area contributed by atoms with Crippen LogP contribution in [-0.2, 0) is 32.6 Å². The average molecular weight is 811 g/mol. The van der Waals surface area contributed by atoms with Crippen molar-refractivity contribution in [1.29, 1.82) is 0 Å². The predicted molar refractivity (Wildman–Crippen MR) is 234 cm³/mol. The van der Waals surface area contributed by atoms with E-state index in [4.69, 9.17) is 19.1 Å². The molecule has 324 valence electrons. The van der Waals surface area contributed by atoms with Gasteiger partial charge in [-0.3, -0.25) is 14.1 Å². The molecule has 3 rings (SSSR count). The van der Waals surface area contributed by atoms with Crippen LogP contribution in [0.3, 0.4) is 0 Å². The Morgan fingerprint density at radius 3 is 1.84 bits per heavy atom. The number of carbonyl (C=O) groups is 2. The highest BCUT2D eigenvalue weighted by molar-refractivity contribution is 7.85. The predicted octanol–water partition coefficient (Wildman–Crippen LogP) is 9.10. The molecule has 0 aliphatic heterocycles. The minimum Gasteiger partial charge on any atom is -0.497 e. The number of nitrogens with zero attached hydrogens (tertiary/aromatic N) is 2. The zero-order valence-corrected chi connectivity index (χ0v) is 38.0. The molecule has 1 heterocycles. The number of hydrogen-bond acceptors (Lipinski definition) is 8. The Bertz CT molecular complexity index is 1520. The number of aromatic nitrogens is 1. The Hall–Kier alpha value is -3.29. The van der Waals surface area contributed by atoms with E-state index in [1.165, 1.54) is 6.42 Å². The van der Waals surface area contributed by atoms with Gasteiger partial charge in [0.1, 0.15) is 18.0 Å². The minimum atomic E-state index is -4.25. The van der Waals surface area contributed by atoms with Crippen LogP contribution in [-0.4, -0.2) is 96.7 Å². The number of carbonyl (C=O) groups excluding carboxylic acids is 2. The van der Waals surface area contributed by atoms with Crippen LogP contribution in [0.25, 0.3) is 10.9 Å². The fourth-order valence-electron chi connectivity index (χ4n) is 5.01. The largest absolute Gasteiger partial charge is 0.497 e. The number of methoxy groups -OCH3 is 1. The van der Waals surface area contributed by atoms with E-state index in [9.17, 15) is 23.1 Å². The summed E-state index contributed by atoms with van der Waals surface area (Å²) in [4.78, 5) is 29.2. The summed E-state index contributed by atoms with van der Waals surface area (Å²) < 4.78 is 43.0. The van der Waals surface area contributed by atoms with E-state index in [1.807, 2.05) is 81.3 Å².